The monoisotopic (exact) mass is 350 g/mol. The summed E-state index contributed by atoms with van der Waals surface area (Å²) in [5.74, 6) is 1.03. The Morgan fingerprint density at radius 3 is 2.65 bits per heavy atom. The Bertz CT molecular complexity index is 785. The molecule has 0 aliphatic heterocycles. The first-order chi connectivity index (χ1) is 12.5. The lowest BCUT2D eigenvalue weighted by atomic mass is 9.54. The second-order valence-corrected chi connectivity index (χ2v) is 8.18. The number of aromatic hydroxyl groups is 1. The van der Waals surface area contributed by atoms with Gasteiger partial charge in [-0.3, -0.25) is 0 Å². The number of hydrogen-bond donors (Lipinski definition) is 2. The third kappa shape index (κ3) is 2.65. The predicted octanol–water partition coefficient (Wildman–Crippen LogP) is 4.87. The molecule has 0 spiro atoms. The van der Waals surface area contributed by atoms with Gasteiger partial charge in [0.15, 0.2) is 0 Å². The van der Waals surface area contributed by atoms with Crippen LogP contribution in [0.25, 0.3) is 0 Å². The first kappa shape index (κ1) is 17.3. The molecule has 3 atom stereocenters. The van der Waals surface area contributed by atoms with Crippen LogP contribution in [0.4, 0.5) is 11.4 Å². The number of phenolic OH excluding ortho intramolecular Hbond substituents is 1. The van der Waals surface area contributed by atoms with Crippen molar-refractivity contribution in [2.75, 3.05) is 17.7 Å². The molecule has 3 heteroatoms. The molecule has 0 bridgehead atoms. The maximum absolute atomic E-state index is 10.1. The third-order valence-corrected chi connectivity index (χ3v) is 7.05. The van der Waals surface area contributed by atoms with Crippen LogP contribution in [-0.4, -0.2) is 18.2 Å². The van der Waals surface area contributed by atoms with E-state index in [1.165, 1.54) is 42.5 Å². The number of nitrogens with two attached hydrogens (primary N) is 1. The van der Waals surface area contributed by atoms with E-state index in [4.69, 9.17) is 5.73 Å². The van der Waals surface area contributed by atoms with Gasteiger partial charge in [-0.25, -0.2) is 0 Å². The summed E-state index contributed by atoms with van der Waals surface area (Å²) in [4.78, 5) is 2.47. The topological polar surface area (TPSA) is 49.5 Å². The Kier molecular flexibility index (Phi) is 4.34. The van der Waals surface area contributed by atoms with Crippen molar-refractivity contribution in [3.63, 3.8) is 0 Å². The van der Waals surface area contributed by atoms with Gasteiger partial charge in [-0.15, -0.1) is 0 Å². The van der Waals surface area contributed by atoms with Crippen LogP contribution in [-0.2, 0) is 11.8 Å². The lowest BCUT2D eigenvalue weighted by Gasteiger charge is -2.54. The fraction of sp³-hybridized carbons (Fsp3) is 0.478. The Morgan fingerprint density at radius 2 is 1.92 bits per heavy atom. The summed E-state index contributed by atoms with van der Waals surface area (Å²) in [5, 5.41) is 10.1. The molecule has 138 valence electrons. The van der Waals surface area contributed by atoms with Crippen molar-refractivity contribution in [3.8, 4) is 5.75 Å². The van der Waals surface area contributed by atoms with Gasteiger partial charge in [0.05, 0.1) is 0 Å². The highest BCUT2D eigenvalue weighted by Crippen LogP contribution is 2.54. The SMILES string of the molecule is CC[C@@]12CCCC[C@@H]1[C@@H](N(C)c1ccc(N)cc1)Cc1ccc(O)cc12. The van der Waals surface area contributed by atoms with Crippen molar-refractivity contribution in [2.24, 2.45) is 5.92 Å². The van der Waals surface area contributed by atoms with E-state index in [0.29, 0.717) is 17.7 Å². The Balaban J connectivity index is 1.79. The molecule has 2 aliphatic rings. The van der Waals surface area contributed by atoms with Crippen LogP contribution < -0.4 is 10.6 Å². The summed E-state index contributed by atoms with van der Waals surface area (Å²) >= 11 is 0. The highest BCUT2D eigenvalue weighted by molar-refractivity contribution is 5.55. The number of fused-ring (bicyclic) bond motifs is 3. The van der Waals surface area contributed by atoms with Gasteiger partial charge >= 0.3 is 0 Å². The fourth-order valence-electron chi connectivity index (χ4n) is 5.67. The molecule has 0 unspecified atom stereocenters. The average molecular weight is 351 g/mol. The highest BCUT2D eigenvalue weighted by atomic mass is 16.3. The molecule has 2 aromatic rings. The average Bonchev–Trinajstić information content (AvgIpc) is 2.67. The van der Waals surface area contributed by atoms with E-state index in [1.807, 2.05) is 18.2 Å². The maximum Gasteiger partial charge on any atom is 0.115 e. The summed E-state index contributed by atoms with van der Waals surface area (Å²) in [5.41, 5.74) is 11.0. The van der Waals surface area contributed by atoms with Crippen molar-refractivity contribution >= 4 is 11.4 Å². The number of likely N-dealkylation sites (N-methyl/N-ethyl adjacent to an activating group) is 1. The first-order valence-corrected chi connectivity index (χ1v) is 9.96. The standard InChI is InChI=1S/C23H30N2O/c1-3-23-13-5-4-6-20(23)22(14-16-7-12-19(26)15-21(16)23)25(2)18-10-8-17(24)9-11-18/h7-12,15,20,22,26H,3-6,13-14,24H2,1-2H3/t20-,22+,23-/m1/s1. The summed E-state index contributed by atoms with van der Waals surface area (Å²) in [6.07, 6.45) is 7.29. The van der Waals surface area contributed by atoms with Gasteiger partial charge in [-0.05, 0) is 79.1 Å². The molecule has 0 radical (unpaired) electrons. The van der Waals surface area contributed by atoms with Crippen molar-refractivity contribution in [2.45, 2.75) is 56.9 Å². The van der Waals surface area contributed by atoms with Crippen LogP contribution in [0.15, 0.2) is 42.5 Å². The van der Waals surface area contributed by atoms with Crippen molar-refractivity contribution in [1.82, 2.24) is 0 Å². The molecule has 0 heterocycles. The molecule has 26 heavy (non-hydrogen) atoms. The van der Waals surface area contributed by atoms with Gasteiger partial charge in [0.1, 0.15) is 5.75 Å². The second kappa shape index (κ2) is 6.53. The molecule has 0 aromatic heterocycles. The van der Waals surface area contributed by atoms with Crippen LogP contribution in [0.1, 0.15) is 50.2 Å². The van der Waals surface area contributed by atoms with Crippen LogP contribution in [0.2, 0.25) is 0 Å². The Labute approximate surface area is 156 Å². The number of anilines is 2. The third-order valence-electron chi connectivity index (χ3n) is 7.05. The normalized spacial score (nSPS) is 27.5. The summed E-state index contributed by atoms with van der Waals surface area (Å²) < 4.78 is 0. The van der Waals surface area contributed by atoms with Gasteiger partial charge in [0.25, 0.3) is 0 Å². The Morgan fingerprint density at radius 1 is 1.15 bits per heavy atom. The summed E-state index contributed by atoms with van der Waals surface area (Å²) in [7, 11) is 2.23. The minimum Gasteiger partial charge on any atom is -0.508 e. The predicted molar refractivity (Wildman–Crippen MR) is 109 cm³/mol. The molecule has 1 fully saturated rings. The zero-order valence-corrected chi connectivity index (χ0v) is 15.9. The van der Waals surface area contributed by atoms with Crippen molar-refractivity contribution in [1.29, 1.82) is 0 Å². The first-order valence-electron chi connectivity index (χ1n) is 9.96. The maximum atomic E-state index is 10.1. The van der Waals surface area contributed by atoms with Crippen LogP contribution >= 0.6 is 0 Å². The quantitative estimate of drug-likeness (QED) is 0.776. The van der Waals surface area contributed by atoms with E-state index in [0.717, 1.165) is 18.5 Å². The Hall–Kier alpha value is -2.16. The second-order valence-electron chi connectivity index (χ2n) is 8.18. The summed E-state index contributed by atoms with van der Waals surface area (Å²) in [6.45, 7) is 2.33. The number of benzene rings is 2. The lowest BCUT2D eigenvalue weighted by molar-refractivity contribution is 0.131. The number of nitrogens with zero attached hydrogens (tertiary/aromatic N) is 1. The van der Waals surface area contributed by atoms with Crippen LogP contribution in [0.3, 0.4) is 0 Å². The van der Waals surface area contributed by atoms with E-state index >= 15 is 0 Å². The zero-order valence-electron chi connectivity index (χ0n) is 15.9. The largest absolute Gasteiger partial charge is 0.508 e. The van der Waals surface area contributed by atoms with E-state index < -0.39 is 0 Å². The molecule has 4 rings (SSSR count). The smallest absolute Gasteiger partial charge is 0.115 e. The van der Waals surface area contributed by atoms with Gasteiger partial charge in [0.2, 0.25) is 0 Å². The molecule has 2 aliphatic carbocycles. The molecular weight excluding hydrogens is 320 g/mol. The minimum absolute atomic E-state index is 0.192. The summed E-state index contributed by atoms with van der Waals surface area (Å²) in [6, 6.07) is 14.8. The molecule has 2 aromatic carbocycles. The molecule has 1 saturated carbocycles. The van der Waals surface area contributed by atoms with Crippen LogP contribution in [0, 0.1) is 5.92 Å². The van der Waals surface area contributed by atoms with E-state index in [9.17, 15) is 5.11 Å². The van der Waals surface area contributed by atoms with Crippen molar-refractivity contribution < 1.29 is 5.11 Å². The van der Waals surface area contributed by atoms with Gasteiger partial charge < -0.3 is 15.7 Å². The van der Waals surface area contributed by atoms with Gasteiger partial charge in [-0.1, -0.05) is 25.8 Å². The van der Waals surface area contributed by atoms with Crippen LogP contribution in [0.5, 0.6) is 5.75 Å². The highest BCUT2D eigenvalue weighted by Gasteiger charge is 2.49. The van der Waals surface area contributed by atoms with Gasteiger partial charge in [0, 0.05) is 29.9 Å². The molecule has 0 amide bonds. The molecule has 3 nitrogen and oxygen atoms in total. The van der Waals surface area contributed by atoms with E-state index in [-0.39, 0.29) is 5.41 Å². The number of nitrogen functional groups attached to an aromatic ring is 1. The number of phenols is 1. The number of rotatable bonds is 3. The number of hydrogen-bond acceptors (Lipinski definition) is 3. The van der Waals surface area contributed by atoms with Gasteiger partial charge in [-0.2, -0.15) is 0 Å². The lowest BCUT2D eigenvalue weighted by Crippen LogP contribution is -2.54. The van der Waals surface area contributed by atoms with E-state index in [2.05, 4.69) is 43.1 Å². The van der Waals surface area contributed by atoms with E-state index in [1.54, 1.807) is 0 Å². The molecule has 0 saturated heterocycles. The zero-order chi connectivity index (χ0) is 18.3. The molecule has 3 N–H and O–H groups in total. The minimum atomic E-state index is 0.192. The van der Waals surface area contributed by atoms with Crippen molar-refractivity contribution in [3.05, 3.63) is 53.6 Å². The fourth-order valence-corrected chi connectivity index (χ4v) is 5.67. The molecular formula is C23H30N2O.